The molecule has 0 spiro atoms. The minimum atomic E-state index is -0.275. The SMILES string of the molecule is COc1cc(NC(=O)/C=C/c2cccnc2)cc(OC)c1OC. The number of anilines is 1. The number of benzene rings is 1. The number of ether oxygens (including phenoxy) is 3. The van der Waals surface area contributed by atoms with Crippen molar-refractivity contribution in [2.45, 2.75) is 0 Å². The summed E-state index contributed by atoms with van der Waals surface area (Å²) in [7, 11) is 4.56. The van der Waals surface area contributed by atoms with E-state index in [1.54, 1.807) is 36.7 Å². The summed E-state index contributed by atoms with van der Waals surface area (Å²) in [4.78, 5) is 16.0. The second-order valence-corrected chi connectivity index (χ2v) is 4.52. The van der Waals surface area contributed by atoms with Crippen LogP contribution in [0.5, 0.6) is 17.2 Å². The van der Waals surface area contributed by atoms with Crippen LogP contribution in [0.25, 0.3) is 6.08 Å². The third-order valence-electron chi connectivity index (χ3n) is 3.04. The molecule has 1 aromatic carbocycles. The Morgan fingerprint density at radius 3 is 2.35 bits per heavy atom. The van der Waals surface area contributed by atoms with Gasteiger partial charge in [0.15, 0.2) is 11.5 Å². The van der Waals surface area contributed by atoms with Gasteiger partial charge in [-0.2, -0.15) is 0 Å². The fourth-order valence-electron chi connectivity index (χ4n) is 1.98. The molecule has 0 aliphatic rings. The Hall–Kier alpha value is -3.02. The molecule has 6 heteroatoms. The molecule has 1 heterocycles. The maximum Gasteiger partial charge on any atom is 0.248 e. The van der Waals surface area contributed by atoms with E-state index in [1.165, 1.54) is 27.4 Å². The molecule has 1 amide bonds. The minimum Gasteiger partial charge on any atom is -0.493 e. The van der Waals surface area contributed by atoms with E-state index in [9.17, 15) is 4.79 Å². The van der Waals surface area contributed by atoms with Crippen molar-refractivity contribution in [3.8, 4) is 17.2 Å². The molecule has 0 unspecified atom stereocenters. The van der Waals surface area contributed by atoms with Gasteiger partial charge in [0.2, 0.25) is 11.7 Å². The number of hydrogen-bond acceptors (Lipinski definition) is 5. The molecular formula is C17H18N2O4. The predicted molar refractivity (Wildman–Crippen MR) is 88.0 cm³/mol. The molecule has 0 fully saturated rings. The van der Waals surface area contributed by atoms with Crippen molar-refractivity contribution in [1.29, 1.82) is 0 Å². The largest absolute Gasteiger partial charge is 0.493 e. The number of aromatic nitrogens is 1. The van der Waals surface area contributed by atoms with E-state index >= 15 is 0 Å². The highest BCUT2D eigenvalue weighted by Gasteiger charge is 2.13. The van der Waals surface area contributed by atoms with E-state index in [0.717, 1.165) is 5.56 Å². The minimum absolute atomic E-state index is 0.275. The average molecular weight is 314 g/mol. The first-order valence-corrected chi connectivity index (χ1v) is 6.87. The van der Waals surface area contributed by atoms with Crippen LogP contribution >= 0.6 is 0 Å². The van der Waals surface area contributed by atoms with Gasteiger partial charge in [-0.25, -0.2) is 0 Å². The molecule has 120 valence electrons. The topological polar surface area (TPSA) is 69.7 Å². The Bertz CT molecular complexity index is 674. The van der Waals surface area contributed by atoms with Gasteiger partial charge >= 0.3 is 0 Å². The first-order valence-electron chi connectivity index (χ1n) is 6.87. The molecule has 0 atom stereocenters. The molecular weight excluding hydrogens is 296 g/mol. The van der Waals surface area contributed by atoms with Gasteiger partial charge in [0.05, 0.1) is 21.3 Å². The van der Waals surface area contributed by atoms with Gasteiger partial charge in [0.1, 0.15) is 0 Å². The Balaban J connectivity index is 2.16. The highest BCUT2D eigenvalue weighted by Crippen LogP contribution is 2.39. The fraction of sp³-hybridized carbons (Fsp3) is 0.176. The highest BCUT2D eigenvalue weighted by molar-refractivity contribution is 6.02. The van der Waals surface area contributed by atoms with Gasteiger partial charge in [-0.15, -0.1) is 0 Å². The van der Waals surface area contributed by atoms with E-state index in [2.05, 4.69) is 10.3 Å². The zero-order valence-electron chi connectivity index (χ0n) is 13.2. The van der Waals surface area contributed by atoms with E-state index < -0.39 is 0 Å². The van der Waals surface area contributed by atoms with Crippen LogP contribution in [-0.4, -0.2) is 32.2 Å². The van der Waals surface area contributed by atoms with Crippen LogP contribution in [0.15, 0.2) is 42.7 Å². The van der Waals surface area contributed by atoms with Crippen molar-refractivity contribution in [2.24, 2.45) is 0 Å². The van der Waals surface area contributed by atoms with Gasteiger partial charge in [-0.3, -0.25) is 9.78 Å². The number of amides is 1. The lowest BCUT2D eigenvalue weighted by atomic mass is 10.2. The Labute approximate surface area is 134 Å². The average Bonchev–Trinajstić information content (AvgIpc) is 2.59. The summed E-state index contributed by atoms with van der Waals surface area (Å²) in [5.74, 6) is 1.14. The summed E-state index contributed by atoms with van der Waals surface area (Å²) < 4.78 is 15.7. The third kappa shape index (κ3) is 4.23. The summed E-state index contributed by atoms with van der Waals surface area (Å²) in [5.41, 5.74) is 1.38. The molecule has 0 bridgehead atoms. The zero-order valence-corrected chi connectivity index (χ0v) is 13.2. The first-order chi connectivity index (χ1) is 11.2. The van der Waals surface area contributed by atoms with E-state index in [0.29, 0.717) is 22.9 Å². The fourth-order valence-corrected chi connectivity index (χ4v) is 1.98. The van der Waals surface area contributed by atoms with Gasteiger partial charge < -0.3 is 19.5 Å². The summed E-state index contributed by atoms with van der Waals surface area (Å²) in [6, 6.07) is 6.99. The smallest absolute Gasteiger partial charge is 0.248 e. The molecule has 0 radical (unpaired) electrons. The first kappa shape index (κ1) is 16.4. The molecule has 6 nitrogen and oxygen atoms in total. The van der Waals surface area contributed by atoms with Gasteiger partial charge in [-0.1, -0.05) is 6.07 Å². The number of nitrogens with zero attached hydrogens (tertiary/aromatic N) is 1. The van der Waals surface area contributed by atoms with Gasteiger partial charge in [0, 0.05) is 36.3 Å². The standard InChI is InChI=1S/C17H18N2O4/c1-21-14-9-13(10-15(22-2)17(14)23-3)19-16(20)7-6-12-5-4-8-18-11-12/h4-11H,1-3H3,(H,19,20)/b7-6+. The normalized spacial score (nSPS) is 10.4. The van der Waals surface area contributed by atoms with Gasteiger partial charge in [0.25, 0.3) is 0 Å². The van der Waals surface area contributed by atoms with Crippen molar-refractivity contribution in [2.75, 3.05) is 26.6 Å². The third-order valence-corrected chi connectivity index (χ3v) is 3.04. The van der Waals surface area contributed by atoms with Crippen LogP contribution in [0, 0.1) is 0 Å². The second kappa shape index (κ2) is 7.84. The predicted octanol–water partition coefficient (Wildman–Crippen LogP) is 2.76. The molecule has 0 saturated carbocycles. The quantitative estimate of drug-likeness (QED) is 0.830. The maximum absolute atomic E-state index is 12.0. The summed E-state index contributed by atoms with van der Waals surface area (Å²) in [6.45, 7) is 0. The Morgan fingerprint density at radius 1 is 1.13 bits per heavy atom. The Morgan fingerprint density at radius 2 is 1.83 bits per heavy atom. The number of hydrogen-bond donors (Lipinski definition) is 1. The highest BCUT2D eigenvalue weighted by atomic mass is 16.5. The lowest BCUT2D eigenvalue weighted by Gasteiger charge is -2.14. The van der Waals surface area contributed by atoms with Crippen molar-refractivity contribution in [1.82, 2.24) is 4.98 Å². The van der Waals surface area contributed by atoms with Crippen LogP contribution in [-0.2, 0) is 4.79 Å². The number of carbonyl (C=O) groups is 1. The molecule has 0 saturated heterocycles. The van der Waals surface area contributed by atoms with Crippen molar-refractivity contribution < 1.29 is 19.0 Å². The molecule has 0 aliphatic heterocycles. The number of carbonyl (C=O) groups excluding carboxylic acids is 1. The van der Waals surface area contributed by atoms with E-state index in [4.69, 9.17) is 14.2 Å². The monoisotopic (exact) mass is 314 g/mol. The van der Waals surface area contributed by atoms with Crippen LogP contribution in [0.1, 0.15) is 5.56 Å². The molecule has 2 rings (SSSR count). The molecule has 2 aromatic rings. The number of pyridine rings is 1. The summed E-state index contributed by atoms with van der Waals surface area (Å²) in [5, 5.41) is 2.75. The Kier molecular flexibility index (Phi) is 5.57. The van der Waals surface area contributed by atoms with Crippen molar-refractivity contribution in [3.63, 3.8) is 0 Å². The van der Waals surface area contributed by atoms with Crippen LogP contribution < -0.4 is 19.5 Å². The van der Waals surface area contributed by atoms with Crippen molar-refractivity contribution in [3.05, 3.63) is 48.3 Å². The van der Waals surface area contributed by atoms with Gasteiger partial charge in [-0.05, 0) is 17.7 Å². The summed E-state index contributed by atoms with van der Waals surface area (Å²) >= 11 is 0. The van der Waals surface area contributed by atoms with E-state index in [-0.39, 0.29) is 5.91 Å². The van der Waals surface area contributed by atoms with Crippen molar-refractivity contribution >= 4 is 17.7 Å². The molecule has 1 aromatic heterocycles. The van der Waals surface area contributed by atoms with Crippen LogP contribution in [0.2, 0.25) is 0 Å². The number of methoxy groups -OCH3 is 3. The number of nitrogens with one attached hydrogen (secondary N) is 1. The van der Waals surface area contributed by atoms with Crippen LogP contribution in [0.4, 0.5) is 5.69 Å². The summed E-state index contributed by atoms with van der Waals surface area (Å²) in [6.07, 6.45) is 6.46. The number of rotatable bonds is 6. The lowest BCUT2D eigenvalue weighted by molar-refractivity contribution is -0.111. The maximum atomic E-state index is 12.0. The lowest BCUT2D eigenvalue weighted by Crippen LogP contribution is -2.08. The second-order valence-electron chi connectivity index (χ2n) is 4.52. The van der Waals surface area contributed by atoms with Crippen LogP contribution in [0.3, 0.4) is 0 Å². The molecule has 23 heavy (non-hydrogen) atoms. The van der Waals surface area contributed by atoms with E-state index in [1.807, 2.05) is 6.07 Å². The molecule has 1 N–H and O–H groups in total. The zero-order chi connectivity index (χ0) is 16.7. The molecule has 0 aliphatic carbocycles.